The van der Waals surface area contributed by atoms with Crippen molar-refractivity contribution in [1.82, 2.24) is 10.2 Å². The van der Waals surface area contributed by atoms with Crippen LogP contribution in [-0.2, 0) is 14.4 Å². The van der Waals surface area contributed by atoms with E-state index in [1.54, 1.807) is 37.8 Å². The Hall–Kier alpha value is -3.31. The summed E-state index contributed by atoms with van der Waals surface area (Å²) in [6.07, 6.45) is 0.659. The van der Waals surface area contributed by atoms with E-state index >= 15 is 0 Å². The highest BCUT2D eigenvalue weighted by molar-refractivity contribution is 8.01. The zero-order valence-electron chi connectivity index (χ0n) is 20.4. The zero-order chi connectivity index (χ0) is 26.2. The molecule has 1 aliphatic rings. The second-order valence-corrected chi connectivity index (χ2v) is 10.5. The standard InChI is InChI=1S/C24H31FN6O3S/c1-5-31-20(12-15(14-27)21(32)29-11-9-26)35-19(22(31)33)8-10-28-16-6-7-17(25)18(13-16)30-23(34)24(2,3)4/h6-7,13,15,19-20,28H,5,8,10-12H2,1-4H3,(H,29,32)(H,30,34). The molecule has 3 N–H and O–H groups in total. The molecule has 9 nitrogen and oxygen atoms in total. The number of hydrogen-bond acceptors (Lipinski definition) is 7. The number of halogens is 1. The number of rotatable bonds is 10. The van der Waals surface area contributed by atoms with Gasteiger partial charge in [0.1, 0.15) is 18.3 Å². The lowest BCUT2D eigenvalue weighted by molar-refractivity contribution is -0.131. The highest BCUT2D eigenvalue weighted by atomic mass is 32.2. The molecule has 188 valence electrons. The molecule has 1 fully saturated rings. The molecule has 1 saturated heterocycles. The molecule has 35 heavy (non-hydrogen) atoms. The lowest BCUT2D eigenvalue weighted by atomic mass is 9.95. The third-order valence-corrected chi connectivity index (χ3v) is 6.98. The van der Waals surface area contributed by atoms with E-state index in [4.69, 9.17) is 5.26 Å². The predicted octanol–water partition coefficient (Wildman–Crippen LogP) is 3.07. The second kappa shape index (κ2) is 12.4. The monoisotopic (exact) mass is 502 g/mol. The maximum absolute atomic E-state index is 14.2. The second-order valence-electron chi connectivity index (χ2n) is 9.11. The fourth-order valence-corrected chi connectivity index (χ4v) is 5.03. The maximum Gasteiger partial charge on any atom is 0.238 e. The van der Waals surface area contributed by atoms with Crippen molar-refractivity contribution >= 4 is 40.9 Å². The first kappa shape index (κ1) is 27.9. The quantitative estimate of drug-likeness (QED) is 0.418. The largest absolute Gasteiger partial charge is 0.385 e. The summed E-state index contributed by atoms with van der Waals surface area (Å²) >= 11 is 1.41. The van der Waals surface area contributed by atoms with Gasteiger partial charge in [-0.15, -0.1) is 11.8 Å². The number of thioether (sulfide) groups is 1. The Labute approximate surface area is 209 Å². The van der Waals surface area contributed by atoms with Gasteiger partial charge in [-0.1, -0.05) is 20.8 Å². The van der Waals surface area contributed by atoms with Crippen molar-refractivity contribution in [1.29, 1.82) is 10.5 Å². The third kappa shape index (κ3) is 7.59. The van der Waals surface area contributed by atoms with Crippen LogP contribution in [0.4, 0.5) is 15.8 Å². The number of anilines is 2. The summed E-state index contributed by atoms with van der Waals surface area (Å²) in [5.41, 5.74) is 0.0165. The third-order valence-electron chi connectivity index (χ3n) is 5.45. The van der Waals surface area contributed by atoms with E-state index in [2.05, 4.69) is 16.0 Å². The van der Waals surface area contributed by atoms with Gasteiger partial charge in [0.2, 0.25) is 17.7 Å². The first-order valence-electron chi connectivity index (χ1n) is 11.4. The van der Waals surface area contributed by atoms with E-state index in [9.17, 15) is 24.0 Å². The Balaban J connectivity index is 1.97. The van der Waals surface area contributed by atoms with E-state index in [0.717, 1.165) is 0 Å². The van der Waals surface area contributed by atoms with Crippen LogP contribution in [0.5, 0.6) is 0 Å². The number of benzene rings is 1. The van der Waals surface area contributed by atoms with Crippen LogP contribution in [0.1, 0.15) is 40.5 Å². The minimum Gasteiger partial charge on any atom is -0.385 e. The molecule has 0 aromatic heterocycles. The zero-order valence-corrected chi connectivity index (χ0v) is 21.2. The molecule has 0 aliphatic carbocycles. The summed E-state index contributed by atoms with van der Waals surface area (Å²) in [5.74, 6) is -2.38. The van der Waals surface area contributed by atoms with Crippen molar-refractivity contribution in [3.05, 3.63) is 24.0 Å². The van der Waals surface area contributed by atoms with Gasteiger partial charge in [-0.2, -0.15) is 10.5 Å². The predicted molar refractivity (Wildman–Crippen MR) is 132 cm³/mol. The van der Waals surface area contributed by atoms with Gasteiger partial charge in [0.15, 0.2) is 0 Å². The summed E-state index contributed by atoms with van der Waals surface area (Å²) in [6, 6.07) is 8.11. The number of nitrogens with one attached hydrogen (secondary N) is 3. The minimum atomic E-state index is -0.958. The van der Waals surface area contributed by atoms with Gasteiger partial charge in [-0.25, -0.2) is 4.39 Å². The lowest BCUT2D eigenvalue weighted by Crippen LogP contribution is -2.38. The molecule has 0 bridgehead atoms. The number of hydrogen-bond donors (Lipinski definition) is 3. The van der Waals surface area contributed by atoms with Crippen molar-refractivity contribution < 1.29 is 18.8 Å². The molecule has 3 atom stereocenters. The topological polar surface area (TPSA) is 138 Å². The summed E-state index contributed by atoms with van der Waals surface area (Å²) in [6.45, 7) is 7.76. The molecular weight excluding hydrogens is 471 g/mol. The molecular formula is C24H31FN6O3S. The molecule has 0 spiro atoms. The fourth-order valence-electron chi connectivity index (χ4n) is 3.44. The lowest BCUT2D eigenvalue weighted by Gasteiger charge is -2.23. The SMILES string of the molecule is CCN1C(=O)C(CCNc2ccc(F)c(NC(=O)C(C)(C)C)c2)SC1CC(C#N)C(=O)NCC#N. The molecule has 1 heterocycles. The Morgan fingerprint density at radius 2 is 2.00 bits per heavy atom. The smallest absolute Gasteiger partial charge is 0.238 e. The van der Waals surface area contributed by atoms with Crippen LogP contribution in [-0.4, -0.2) is 52.9 Å². The van der Waals surface area contributed by atoms with Crippen molar-refractivity contribution in [2.45, 2.75) is 51.2 Å². The molecule has 0 saturated carbocycles. The number of carbonyl (C=O) groups excluding carboxylic acids is 3. The van der Waals surface area contributed by atoms with Crippen molar-refractivity contribution in [3.8, 4) is 12.1 Å². The molecule has 11 heteroatoms. The van der Waals surface area contributed by atoms with Gasteiger partial charge in [0, 0.05) is 30.6 Å². The fraction of sp³-hybridized carbons (Fsp3) is 0.542. The number of carbonyl (C=O) groups is 3. The number of nitrogens with zero attached hydrogens (tertiary/aromatic N) is 3. The molecule has 2 rings (SSSR count). The number of nitriles is 2. The Morgan fingerprint density at radius 3 is 2.60 bits per heavy atom. The van der Waals surface area contributed by atoms with Gasteiger partial charge < -0.3 is 20.9 Å². The highest BCUT2D eigenvalue weighted by Crippen LogP contribution is 2.37. The van der Waals surface area contributed by atoms with Crippen LogP contribution < -0.4 is 16.0 Å². The van der Waals surface area contributed by atoms with Crippen LogP contribution >= 0.6 is 11.8 Å². The molecule has 3 amide bonds. The van der Waals surface area contributed by atoms with Crippen LogP contribution in [0.2, 0.25) is 0 Å². The first-order chi connectivity index (χ1) is 16.5. The summed E-state index contributed by atoms with van der Waals surface area (Å²) in [5, 5.41) is 25.5. The van der Waals surface area contributed by atoms with E-state index in [0.29, 0.717) is 25.2 Å². The normalized spacial score (nSPS) is 18.4. The first-order valence-corrected chi connectivity index (χ1v) is 12.3. The molecule has 1 aromatic carbocycles. The summed E-state index contributed by atoms with van der Waals surface area (Å²) < 4.78 is 14.2. The van der Waals surface area contributed by atoms with Crippen LogP contribution in [0, 0.1) is 39.8 Å². The highest BCUT2D eigenvalue weighted by Gasteiger charge is 2.40. The van der Waals surface area contributed by atoms with E-state index in [-0.39, 0.29) is 41.1 Å². The van der Waals surface area contributed by atoms with Gasteiger partial charge in [-0.05, 0) is 31.5 Å². The molecule has 1 aromatic rings. The maximum atomic E-state index is 14.2. The van der Waals surface area contributed by atoms with Gasteiger partial charge in [0.25, 0.3) is 0 Å². The van der Waals surface area contributed by atoms with E-state index < -0.39 is 23.1 Å². The summed E-state index contributed by atoms with van der Waals surface area (Å²) in [7, 11) is 0. The Morgan fingerprint density at radius 1 is 1.29 bits per heavy atom. The van der Waals surface area contributed by atoms with Crippen LogP contribution in [0.3, 0.4) is 0 Å². The Kier molecular flexibility index (Phi) is 9.90. The van der Waals surface area contributed by atoms with Gasteiger partial charge in [0.05, 0.1) is 28.4 Å². The molecule has 3 unspecified atom stereocenters. The average molecular weight is 503 g/mol. The Bertz CT molecular complexity index is 1030. The van der Waals surface area contributed by atoms with Gasteiger partial charge in [-0.3, -0.25) is 14.4 Å². The summed E-state index contributed by atoms with van der Waals surface area (Å²) in [4.78, 5) is 38.9. The number of amides is 3. The van der Waals surface area contributed by atoms with Crippen LogP contribution in [0.15, 0.2) is 18.2 Å². The van der Waals surface area contributed by atoms with Crippen molar-refractivity contribution in [2.24, 2.45) is 11.3 Å². The van der Waals surface area contributed by atoms with Crippen molar-refractivity contribution in [2.75, 3.05) is 30.3 Å². The van der Waals surface area contributed by atoms with Gasteiger partial charge >= 0.3 is 0 Å². The van der Waals surface area contributed by atoms with Crippen molar-refractivity contribution in [3.63, 3.8) is 0 Å². The van der Waals surface area contributed by atoms with E-state index in [1.807, 2.05) is 13.0 Å². The molecule has 0 radical (unpaired) electrons. The molecule has 1 aliphatic heterocycles. The average Bonchev–Trinajstić information content (AvgIpc) is 3.11. The van der Waals surface area contributed by atoms with E-state index in [1.165, 1.54) is 23.9 Å². The minimum absolute atomic E-state index is 0.0596. The van der Waals surface area contributed by atoms with Crippen LogP contribution in [0.25, 0.3) is 0 Å².